The molecule has 3 rings (SSSR count). The highest BCUT2D eigenvalue weighted by Crippen LogP contribution is 2.34. The fourth-order valence-corrected chi connectivity index (χ4v) is 3.01. The Kier molecular flexibility index (Phi) is 4.39. The smallest absolute Gasteiger partial charge is 0.370 e. The summed E-state index contributed by atoms with van der Waals surface area (Å²) in [6, 6.07) is 5.24. The number of piperidine rings is 1. The van der Waals surface area contributed by atoms with Gasteiger partial charge < -0.3 is 10.2 Å². The molecule has 1 aliphatic heterocycles. The van der Waals surface area contributed by atoms with Crippen LogP contribution in [0.4, 0.5) is 18.9 Å². The van der Waals surface area contributed by atoms with Crippen LogP contribution in [0.25, 0.3) is 0 Å². The minimum Gasteiger partial charge on any atom is -0.370 e. The van der Waals surface area contributed by atoms with Gasteiger partial charge in [-0.15, -0.1) is 0 Å². The van der Waals surface area contributed by atoms with E-state index in [-0.39, 0.29) is 23.4 Å². The monoisotopic (exact) mass is 337 g/mol. The Morgan fingerprint density at radius 2 is 1.88 bits per heavy atom. The van der Waals surface area contributed by atoms with Crippen LogP contribution in [-0.4, -0.2) is 25.0 Å². The normalized spacial score (nSPS) is 19.0. The first-order valence-electron chi connectivity index (χ1n) is 8.05. The van der Waals surface area contributed by atoms with Crippen LogP contribution in [0.2, 0.25) is 0 Å². The Morgan fingerprint density at radius 3 is 2.42 bits per heavy atom. The van der Waals surface area contributed by atoms with Crippen LogP contribution in [0.15, 0.2) is 18.2 Å². The second-order valence-corrected chi connectivity index (χ2v) is 6.39. The van der Waals surface area contributed by atoms with Crippen LogP contribution >= 0.6 is 0 Å². The van der Waals surface area contributed by atoms with Gasteiger partial charge in [-0.2, -0.15) is 18.4 Å². The van der Waals surface area contributed by atoms with Crippen molar-refractivity contribution in [3.63, 3.8) is 0 Å². The SMILES string of the molecule is N#Cc1cc(C(F)(F)F)ccc1N1CCC(NC(=O)C2CC2)CC1. The number of rotatable bonds is 3. The maximum absolute atomic E-state index is 12.8. The maximum atomic E-state index is 12.8. The molecule has 4 nitrogen and oxygen atoms in total. The van der Waals surface area contributed by atoms with E-state index in [0.717, 1.165) is 37.8 Å². The van der Waals surface area contributed by atoms with Crippen molar-refractivity contribution in [2.24, 2.45) is 5.92 Å². The van der Waals surface area contributed by atoms with Gasteiger partial charge in [0.05, 0.1) is 16.8 Å². The van der Waals surface area contributed by atoms with Crippen LogP contribution in [0, 0.1) is 17.2 Å². The third kappa shape index (κ3) is 3.64. The number of nitrogens with one attached hydrogen (secondary N) is 1. The second kappa shape index (κ2) is 6.34. The van der Waals surface area contributed by atoms with Crippen LogP contribution in [0.5, 0.6) is 0 Å². The lowest BCUT2D eigenvalue weighted by Gasteiger charge is -2.34. The zero-order valence-corrected chi connectivity index (χ0v) is 13.1. The Hall–Kier alpha value is -2.23. The lowest BCUT2D eigenvalue weighted by molar-refractivity contribution is -0.137. The summed E-state index contributed by atoms with van der Waals surface area (Å²) in [7, 11) is 0. The van der Waals surface area contributed by atoms with E-state index in [2.05, 4.69) is 5.32 Å². The molecule has 1 saturated heterocycles. The summed E-state index contributed by atoms with van der Waals surface area (Å²) in [6.07, 6.45) is -1.08. The molecule has 128 valence electrons. The summed E-state index contributed by atoms with van der Waals surface area (Å²) in [4.78, 5) is 13.7. The highest BCUT2D eigenvalue weighted by molar-refractivity contribution is 5.81. The second-order valence-electron chi connectivity index (χ2n) is 6.39. The molecule has 0 radical (unpaired) electrons. The molecular weight excluding hydrogens is 319 g/mol. The number of carbonyl (C=O) groups is 1. The molecule has 0 atom stereocenters. The molecule has 1 aromatic rings. The Bertz CT molecular complexity index is 669. The van der Waals surface area contributed by atoms with E-state index in [4.69, 9.17) is 0 Å². The molecule has 1 amide bonds. The number of hydrogen-bond acceptors (Lipinski definition) is 3. The zero-order valence-electron chi connectivity index (χ0n) is 13.1. The molecule has 0 bridgehead atoms. The molecular formula is C17H18F3N3O. The molecule has 1 aliphatic carbocycles. The predicted octanol–water partition coefficient (Wildman–Crippen LogP) is 3.07. The van der Waals surface area contributed by atoms with E-state index >= 15 is 0 Å². The predicted molar refractivity (Wildman–Crippen MR) is 82.3 cm³/mol. The third-order valence-electron chi connectivity index (χ3n) is 4.57. The molecule has 1 aromatic carbocycles. The fraction of sp³-hybridized carbons (Fsp3) is 0.529. The number of halogens is 3. The summed E-state index contributed by atoms with van der Waals surface area (Å²) in [6.45, 7) is 1.21. The number of nitriles is 1. The van der Waals surface area contributed by atoms with Crippen LogP contribution in [0.1, 0.15) is 36.8 Å². The number of anilines is 1. The maximum Gasteiger partial charge on any atom is 0.416 e. The topological polar surface area (TPSA) is 56.1 Å². The quantitative estimate of drug-likeness (QED) is 0.922. The summed E-state index contributed by atoms with van der Waals surface area (Å²) in [5, 5.41) is 12.2. The molecule has 1 saturated carbocycles. The average molecular weight is 337 g/mol. The lowest BCUT2D eigenvalue weighted by Crippen LogP contribution is -2.45. The Morgan fingerprint density at radius 1 is 1.21 bits per heavy atom. The van der Waals surface area contributed by atoms with Gasteiger partial charge in [0.15, 0.2) is 0 Å². The van der Waals surface area contributed by atoms with Gasteiger partial charge in [0.25, 0.3) is 0 Å². The minimum absolute atomic E-state index is 0.0327. The van der Waals surface area contributed by atoms with Gasteiger partial charge in [-0.3, -0.25) is 4.79 Å². The number of alkyl halides is 3. The standard InChI is InChI=1S/C17H18F3N3O/c18-17(19,20)13-3-4-15(12(9-13)10-21)23-7-5-14(6-8-23)22-16(24)11-1-2-11/h3-4,9,11,14H,1-2,5-8H2,(H,22,24). The van der Waals surface area contributed by atoms with Crippen LogP contribution in [0.3, 0.4) is 0 Å². The van der Waals surface area contributed by atoms with Crippen molar-refractivity contribution >= 4 is 11.6 Å². The number of benzene rings is 1. The molecule has 2 fully saturated rings. The van der Waals surface area contributed by atoms with Crippen molar-refractivity contribution in [2.75, 3.05) is 18.0 Å². The average Bonchev–Trinajstić information content (AvgIpc) is 3.39. The van der Waals surface area contributed by atoms with Crippen molar-refractivity contribution in [3.05, 3.63) is 29.3 Å². The molecule has 1 N–H and O–H groups in total. The summed E-state index contributed by atoms with van der Waals surface area (Å²) < 4.78 is 38.3. The molecule has 24 heavy (non-hydrogen) atoms. The van der Waals surface area contributed by atoms with Gasteiger partial charge in [0.1, 0.15) is 6.07 Å². The summed E-state index contributed by atoms with van der Waals surface area (Å²) in [5.74, 6) is 0.281. The van der Waals surface area contributed by atoms with E-state index in [1.807, 2.05) is 11.0 Å². The molecule has 0 spiro atoms. The van der Waals surface area contributed by atoms with Gasteiger partial charge >= 0.3 is 6.18 Å². The van der Waals surface area contributed by atoms with E-state index in [0.29, 0.717) is 18.8 Å². The van der Waals surface area contributed by atoms with E-state index < -0.39 is 11.7 Å². The zero-order chi connectivity index (χ0) is 17.3. The first-order valence-corrected chi connectivity index (χ1v) is 8.05. The first-order chi connectivity index (χ1) is 11.4. The largest absolute Gasteiger partial charge is 0.416 e. The van der Waals surface area contributed by atoms with Crippen molar-refractivity contribution in [1.29, 1.82) is 5.26 Å². The van der Waals surface area contributed by atoms with Gasteiger partial charge in [-0.25, -0.2) is 0 Å². The molecule has 1 heterocycles. The third-order valence-corrected chi connectivity index (χ3v) is 4.57. The van der Waals surface area contributed by atoms with Crippen LogP contribution in [-0.2, 0) is 11.0 Å². The molecule has 7 heteroatoms. The number of nitrogens with zero attached hydrogens (tertiary/aromatic N) is 2. The summed E-state index contributed by atoms with van der Waals surface area (Å²) >= 11 is 0. The van der Waals surface area contributed by atoms with E-state index in [1.54, 1.807) is 0 Å². The molecule has 0 aromatic heterocycles. The Labute approximate surface area is 138 Å². The lowest BCUT2D eigenvalue weighted by atomic mass is 10.0. The first kappa shape index (κ1) is 16.6. The fourth-order valence-electron chi connectivity index (χ4n) is 3.01. The van der Waals surface area contributed by atoms with Crippen molar-refractivity contribution in [3.8, 4) is 6.07 Å². The number of hydrogen-bond donors (Lipinski definition) is 1. The summed E-state index contributed by atoms with van der Waals surface area (Å²) in [5.41, 5.74) is -0.253. The van der Waals surface area contributed by atoms with Gasteiger partial charge in [-0.05, 0) is 43.9 Å². The number of amides is 1. The van der Waals surface area contributed by atoms with Crippen molar-refractivity contribution in [1.82, 2.24) is 5.32 Å². The molecule has 0 unspecified atom stereocenters. The highest BCUT2D eigenvalue weighted by Gasteiger charge is 2.33. The van der Waals surface area contributed by atoms with Crippen molar-refractivity contribution < 1.29 is 18.0 Å². The Balaban J connectivity index is 1.65. The molecule has 2 aliphatic rings. The van der Waals surface area contributed by atoms with Gasteiger partial charge in [0.2, 0.25) is 5.91 Å². The van der Waals surface area contributed by atoms with Crippen LogP contribution < -0.4 is 10.2 Å². The highest BCUT2D eigenvalue weighted by atomic mass is 19.4. The van der Waals surface area contributed by atoms with E-state index in [1.165, 1.54) is 6.07 Å². The van der Waals surface area contributed by atoms with E-state index in [9.17, 15) is 23.2 Å². The number of carbonyl (C=O) groups excluding carboxylic acids is 1. The van der Waals surface area contributed by atoms with Gasteiger partial charge in [0, 0.05) is 25.0 Å². The van der Waals surface area contributed by atoms with Crippen molar-refractivity contribution in [2.45, 2.75) is 37.9 Å². The van der Waals surface area contributed by atoms with Gasteiger partial charge in [-0.1, -0.05) is 0 Å². The minimum atomic E-state index is -4.45.